The molecule has 1 aromatic rings. The maximum atomic E-state index is 9.31. The first-order valence-electron chi connectivity index (χ1n) is 5.71. The molecule has 3 heteroatoms. The Morgan fingerprint density at radius 2 is 2.12 bits per heavy atom. The predicted octanol–water partition coefficient (Wildman–Crippen LogP) is 1.74. The van der Waals surface area contributed by atoms with Crippen LogP contribution in [0.2, 0.25) is 0 Å². The van der Waals surface area contributed by atoms with Gasteiger partial charge in [0.25, 0.3) is 0 Å². The molecule has 88 valence electrons. The summed E-state index contributed by atoms with van der Waals surface area (Å²) in [4.78, 5) is 0. The highest BCUT2D eigenvalue weighted by atomic mass is 16.6. The normalized spacial score (nSPS) is 24.8. The molecule has 1 N–H and O–H groups in total. The highest BCUT2D eigenvalue weighted by Gasteiger charge is 2.34. The van der Waals surface area contributed by atoms with Gasteiger partial charge in [-0.05, 0) is 18.4 Å². The lowest BCUT2D eigenvalue weighted by molar-refractivity contribution is -0.0947. The first-order chi connectivity index (χ1) is 7.85. The van der Waals surface area contributed by atoms with E-state index in [0.717, 1.165) is 25.0 Å². The lowest BCUT2D eigenvalue weighted by Gasteiger charge is -2.25. The number of aliphatic hydroxyl groups excluding tert-OH is 1. The zero-order valence-corrected chi connectivity index (χ0v) is 9.39. The van der Waals surface area contributed by atoms with E-state index >= 15 is 0 Å². The summed E-state index contributed by atoms with van der Waals surface area (Å²) in [6, 6.07) is 10.0. The largest absolute Gasteiger partial charge is 0.393 e. The Kier molecular flexibility index (Phi) is 3.93. The van der Waals surface area contributed by atoms with Crippen molar-refractivity contribution in [2.45, 2.75) is 25.0 Å². The summed E-state index contributed by atoms with van der Waals surface area (Å²) in [5.74, 6) is 0. The zero-order valence-electron chi connectivity index (χ0n) is 9.39. The van der Waals surface area contributed by atoms with Crippen LogP contribution in [0.1, 0.15) is 18.4 Å². The van der Waals surface area contributed by atoms with Crippen molar-refractivity contribution in [3.8, 4) is 0 Å². The molecule has 1 saturated heterocycles. The fraction of sp³-hybridized carbons (Fsp3) is 0.538. The van der Waals surface area contributed by atoms with Crippen molar-refractivity contribution >= 4 is 0 Å². The molecule has 0 aliphatic carbocycles. The SMILES string of the molecule is OC[C@@]1(COCc2ccccc2)CCCO1. The molecular formula is C13H18O3. The Labute approximate surface area is 96.0 Å². The molecule has 0 saturated carbocycles. The first-order valence-corrected chi connectivity index (χ1v) is 5.71. The molecule has 0 amide bonds. The Hall–Kier alpha value is -0.900. The Bertz CT molecular complexity index is 304. The minimum atomic E-state index is -0.450. The standard InChI is InChI=1S/C13H18O3/c14-10-13(7-4-8-16-13)11-15-9-12-5-2-1-3-6-12/h1-3,5-6,14H,4,7-11H2/t13-/m1/s1. The zero-order chi connectivity index (χ0) is 11.3. The molecule has 3 nitrogen and oxygen atoms in total. The van der Waals surface area contributed by atoms with E-state index in [1.807, 2.05) is 30.3 Å². The monoisotopic (exact) mass is 222 g/mol. The van der Waals surface area contributed by atoms with E-state index in [1.165, 1.54) is 0 Å². The average molecular weight is 222 g/mol. The van der Waals surface area contributed by atoms with Crippen LogP contribution in [-0.4, -0.2) is 30.5 Å². The summed E-state index contributed by atoms with van der Waals surface area (Å²) in [6.07, 6.45) is 1.90. The number of benzene rings is 1. The van der Waals surface area contributed by atoms with E-state index in [0.29, 0.717) is 13.2 Å². The van der Waals surface area contributed by atoms with E-state index in [9.17, 15) is 5.11 Å². The maximum Gasteiger partial charge on any atom is 0.114 e. The molecule has 1 aliphatic heterocycles. The van der Waals surface area contributed by atoms with Crippen LogP contribution >= 0.6 is 0 Å². The van der Waals surface area contributed by atoms with Gasteiger partial charge in [0, 0.05) is 6.61 Å². The number of hydrogen-bond acceptors (Lipinski definition) is 3. The van der Waals surface area contributed by atoms with Gasteiger partial charge in [0.2, 0.25) is 0 Å². The third-order valence-electron chi connectivity index (χ3n) is 2.95. The maximum absolute atomic E-state index is 9.31. The number of ether oxygens (including phenoxy) is 2. The molecule has 1 aromatic carbocycles. The van der Waals surface area contributed by atoms with Crippen LogP contribution in [0.4, 0.5) is 0 Å². The molecule has 1 aliphatic rings. The molecule has 0 spiro atoms. The van der Waals surface area contributed by atoms with Crippen molar-refractivity contribution in [3.05, 3.63) is 35.9 Å². The van der Waals surface area contributed by atoms with Gasteiger partial charge in [-0.25, -0.2) is 0 Å². The summed E-state index contributed by atoms with van der Waals surface area (Å²) in [6.45, 7) is 1.82. The van der Waals surface area contributed by atoms with Gasteiger partial charge in [-0.2, -0.15) is 0 Å². The van der Waals surface area contributed by atoms with Crippen LogP contribution in [-0.2, 0) is 16.1 Å². The summed E-state index contributed by atoms with van der Waals surface area (Å²) >= 11 is 0. The highest BCUT2D eigenvalue weighted by Crippen LogP contribution is 2.25. The second kappa shape index (κ2) is 5.43. The molecular weight excluding hydrogens is 204 g/mol. The van der Waals surface area contributed by atoms with Crippen molar-refractivity contribution in [2.75, 3.05) is 19.8 Å². The Morgan fingerprint density at radius 1 is 1.31 bits per heavy atom. The van der Waals surface area contributed by atoms with Crippen LogP contribution in [0.15, 0.2) is 30.3 Å². The molecule has 0 radical (unpaired) electrons. The molecule has 1 fully saturated rings. The molecule has 16 heavy (non-hydrogen) atoms. The minimum Gasteiger partial charge on any atom is -0.393 e. The molecule has 1 atom stereocenters. The Balaban J connectivity index is 1.79. The van der Waals surface area contributed by atoms with E-state index in [2.05, 4.69) is 0 Å². The lowest BCUT2D eigenvalue weighted by atomic mass is 10.0. The second-order valence-electron chi connectivity index (χ2n) is 4.27. The van der Waals surface area contributed by atoms with Crippen LogP contribution in [0.5, 0.6) is 0 Å². The summed E-state index contributed by atoms with van der Waals surface area (Å²) in [7, 11) is 0. The average Bonchev–Trinajstić information content (AvgIpc) is 2.80. The topological polar surface area (TPSA) is 38.7 Å². The summed E-state index contributed by atoms with van der Waals surface area (Å²) in [5.41, 5.74) is 0.697. The summed E-state index contributed by atoms with van der Waals surface area (Å²) in [5, 5.41) is 9.31. The van der Waals surface area contributed by atoms with Gasteiger partial charge in [-0.15, -0.1) is 0 Å². The molecule has 0 unspecified atom stereocenters. The van der Waals surface area contributed by atoms with Crippen LogP contribution in [0.3, 0.4) is 0 Å². The van der Waals surface area contributed by atoms with Crippen molar-refractivity contribution in [1.29, 1.82) is 0 Å². The van der Waals surface area contributed by atoms with Crippen LogP contribution in [0.25, 0.3) is 0 Å². The van der Waals surface area contributed by atoms with Gasteiger partial charge in [-0.1, -0.05) is 30.3 Å². The van der Waals surface area contributed by atoms with Gasteiger partial charge in [0.1, 0.15) is 5.60 Å². The van der Waals surface area contributed by atoms with Gasteiger partial charge >= 0.3 is 0 Å². The van der Waals surface area contributed by atoms with Crippen molar-refractivity contribution in [2.24, 2.45) is 0 Å². The van der Waals surface area contributed by atoms with Crippen LogP contribution < -0.4 is 0 Å². The highest BCUT2D eigenvalue weighted by molar-refractivity contribution is 5.13. The predicted molar refractivity (Wildman–Crippen MR) is 61.1 cm³/mol. The lowest BCUT2D eigenvalue weighted by Crippen LogP contribution is -2.37. The number of hydrogen-bond donors (Lipinski definition) is 1. The fourth-order valence-electron chi connectivity index (χ4n) is 1.97. The number of rotatable bonds is 5. The van der Waals surface area contributed by atoms with Crippen molar-refractivity contribution in [1.82, 2.24) is 0 Å². The van der Waals surface area contributed by atoms with Gasteiger partial charge < -0.3 is 14.6 Å². The molecule has 0 bridgehead atoms. The minimum absolute atomic E-state index is 0.0434. The molecule has 1 heterocycles. The van der Waals surface area contributed by atoms with E-state index < -0.39 is 5.60 Å². The smallest absolute Gasteiger partial charge is 0.114 e. The second-order valence-corrected chi connectivity index (χ2v) is 4.27. The van der Waals surface area contributed by atoms with Crippen molar-refractivity contribution in [3.63, 3.8) is 0 Å². The van der Waals surface area contributed by atoms with Gasteiger partial charge in [0.05, 0.1) is 19.8 Å². The summed E-state index contributed by atoms with van der Waals surface area (Å²) < 4.78 is 11.2. The van der Waals surface area contributed by atoms with Gasteiger partial charge in [0.15, 0.2) is 0 Å². The Morgan fingerprint density at radius 3 is 2.75 bits per heavy atom. The molecule has 0 aromatic heterocycles. The molecule has 2 rings (SSSR count). The fourth-order valence-corrected chi connectivity index (χ4v) is 1.97. The quantitative estimate of drug-likeness (QED) is 0.824. The van der Waals surface area contributed by atoms with Gasteiger partial charge in [-0.3, -0.25) is 0 Å². The van der Waals surface area contributed by atoms with E-state index in [4.69, 9.17) is 9.47 Å². The van der Waals surface area contributed by atoms with Crippen molar-refractivity contribution < 1.29 is 14.6 Å². The number of aliphatic hydroxyl groups is 1. The van der Waals surface area contributed by atoms with E-state index in [1.54, 1.807) is 0 Å². The third-order valence-corrected chi connectivity index (χ3v) is 2.95. The van der Waals surface area contributed by atoms with E-state index in [-0.39, 0.29) is 6.61 Å². The van der Waals surface area contributed by atoms with Crippen LogP contribution in [0, 0.1) is 0 Å². The first kappa shape index (κ1) is 11.6. The third kappa shape index (κ3) is 2.82.